The predicted molar refractivity (Wildman–Crippen MR) is 68.8 cm³/mol. The first-order valence-corrected chi connectivity index (χ1v) is 9.06. The summed E-state index contributed by atoms with van der Waals surface area (Å²) < 4.78 is 61.7. The van der Waals surface area contributed by atoms with Crippen molar-refractivity contribution in [2.45, 2.75) is 17.4 Å². The van der Waals surface area contributed by atoms with Gasteiger partial charge in [-0.2, -0.15) is 0 Å². The van der Waals surface area contributed by atoms with Crippen LogP contribution in [0.15, 0.2) is 23.1 Å². The van der Waals surface area contributed by atoms with Gasteiger partial charge in [0.05, 0.1) is 21.4 Å². The van der Waals surface area contributed by atoms with E-state index in [1.807, 2.05) is 0 Å². The summed E-state index contributed by atoms with van der Waals surface area (Å²) in [4.78, 5) is -0.191. The minimum absolute atomic E-state index is 0.0373. The van der Waals surface area contributed by atoms with E-state index in [1.165, 1.54) is 0 Å². The first-order valence-electron chi connectivity index (χ1n) is 5.37. The maximum Gasteiger partial charge on any atom is 0.240 e. The summed E-state index contributed by atoms with van der Waals surface area (Å²) in [7, 11) is -7.08. The molecule has 1 fully saturated rings. The highest BCUT2D eigenvalue weighted by Gasteiger charge is 2.31. The fourth-order valence-corrected chi connectivity index (χ4v) is 5.14. The van der Waals surface area contributed by atoms with Gasteiger partial charge in [0.2, 0.25) is 10.0 Å². The van der Waals surface area contributed by atoms with Gasteiger partial charge in [0.15, 0.2) is 9.84 Å². The summed E-state index contributed by atoms with van der Waals surface area (Å²) in [5.74, 6) is -0.977. The van der Waals surface area contributed by atoms with E-state index in [0.717, 1.165) is 18.2 Å². The third kappa shape index (κ3) is 3.44. The zero-order valence-corrected chi connectivity index (χ0v) is 12.0. The van der Waals surface area contributed by atoms with Crippen molar-refractivity contribution in [3.8, 4) is 0 Å². The molecule has 0 radical (unpaired) electrons. The maximum absolute atomic E-state index is 13.0. The zero-order valence-electron chi connectivity index (χ0n) is 9.64. The minimum atomic E-state index is -3.90. The smallest absolute Gasteiger partial charge is 0.229 e. The normalized spacial score (nSPS) is 22.5. The molecule has 0 aliphatic carbocycles. The average molecular weight is 328 g/mol. The van der Waals surface area contributed by atoms with E-state index in [4.69, 9.17) is 11.6 Å². The second-order valence-electron chi connectivity index (χ2n) is 4.30. The number of benzene rings is 1. The van der Waals surface area contributed by atoms with Crippen LogP contribution >= 0.6 is 11.6 Å². The molecular formula is C10H11ClFNO4S2. The lowest BCUT2D eigenvalue weighted by molar-refractivity contribution is 0.562. The van der Waals surface area contributed by atoms with Crippen LogP contribution in [0.1, 0.15) is 6.42 Å². The number of nitrogens with one attached hydrogen (secondary N) is 1. The highest BCUT2D eigenvalue weighted by molar-refractivity contribution is 7.92. The Labute approximate surface area is 115 Å². The molecule has 9 heteroatoms. The molecule has 2 rings (SSSR count). The van der Waals surface area contributed by atoms with Crippen LogP contribution in [-0.2, 0) is 19.9 Å². The van der Waals surface area contributed by atoms with Crippen molar-refractivity contribution in [2.24, 2.45) is 0 Å². The Kier molecular flexibility index (Phi) is 3.87. The molecule has 1 aromatic carbocycles. The molecule has 1 aromatic rings. The van der Waals surface area contributed by atoms with Crippen LogP contribution in [0.25, 0.3) is 0 Å². The summed E-state index contributed by atoms with van der Waals surface area (Å²) in [5.41, 5.74) is 0. The fourth-order valence-electron chi connectivity index (χ4n) is 1.82. The Balaban J connectivity index is 2.21. The molecule has 0 aromatic heterocycles. The summed E-state index contributed by atoms with van der Waals surface area (Å²) in [5, 5.41) is -0.304. The maximum atomic E-state index is 13.0. The molecule has 1 heterocycles. The largest absolute Gasteiger partial charge is 0.240 e. The molecular weight excluding hydrogens is 317 g/mol. The Bertz CT molecular complexity index is 702. The van der Waals surface area contributed by atoms with E-state index in [0.29, 0.717) is 0 Å². The molecule has 0 saturated carbocycles. The van der Waals surface area contributed by atoms with Crippen LogP contribution < -0.4 is 4.72 Å². The molecule has 5 nitrogen and oxygen atoms in total. The van der Waals surface area contributed by atoms with Gasteiger partial charge < -0.3 is 0 Å². The topological polar surface area (TPSA) is 80.3 Å². The van der Waals surface area contributed by atoms with Crippen molar-refractivity contribution in [1.29, 1.82) is 0 Å². The first kappa shape index (κ1) is 14.7. The minimum Gasteiger partial charge on any atom is -0.229 e. The van der Waals surface area contributed by atoms with E-state index in [-0.39, 0.29) is 27.8 Å². The van der Waals surface area contributed by atoms with Gasteiger partial charge in [0, 0.05) is 6.04 Å². The van der Waals surface area contributed by atoms with Gasteiger partial charge >= 0.3 is 0 Å². The molecule has 0 unspecified atom stereocenters. The number of sulfonamides is 1. The number of hydrogen-bond acceptors (Lipinski definition) is 4. The summed E-state index contributed by atoms with van der Waals surface area (Å²) in [6.07, 6.45) is 0.233. The number of halogens is 2. The van der Waals surface area contributed by atoms with Crippen molar-refractivity contribution >= 4 is 31.5 Å². The van der Waals surface area contributed by atoms with Crippen molar-refractivity contribution in [2.75, 3.05) is 11.5 Å². The molecule has 0 bridgehead atoms. The third-order valence-electron chi connectivity index (χ3n) is 2.76. The molecule has 19 heavy (non-hydrogen) atoms. The van der Waals surface area contributed by atoms with Gasteiger partial charge in [-0.15, -0.1) is 0 Å². The van der Waals surface area contributed by atoms with Gasteiger partial charge in [0.25, 0.3) is 0 Å². The Hall–Kier alpha value is -0.700. The second-order valence-corrected chi connectivity index (χ2v) is 8.65. The molecule has 1 N–H and O–H groups in total. The van der Waals surface area contributed by atoms with E-state index in [1.54, 1.807) is 0 Å². The van der Waals surface area contributed by atoms with Crippen molar-refractivity contribution in [3.63, 3.8) is 0 Å². The van der Waals surface area contributed by atoms with E-state index >= 15 is 0 Å². The molecule has 0 spiro atoms. The van der Waals surface area contributed by atoms with Crippen LogP contribution in [0.3, 0.4) is 0 Å². The Morgan fingerprint density at radius 3 is 2.58 bits per heavy atom. The highest BCUT2D eigenvalue weighted by Crippen LogP contribution is 2.21. The van der Waals surface area contributed by atoms with Crippen LogP contribution in [0.4, 0.5) is 4.39 Å². The predicted octanol–water partition coefficient (Wildman–Crippen LogP) is 0.944. The average Bonchev–Trinajstić information content (AvgIpc) is 2.61. The van der Waals surface area contributed by atoms with Crippen molar-refractivity contribution in [1.82, 2.24) is 4.72 Å². The van der Waals surface area contributed by atoms with Crippen LogP contribution in [-0.4, -0.2) is 34.4 Å². The Morgan fingerprint density at radius 1 is 1.37 bits per heavy atom. The van der Waals surface area contributed by atoms with Gasteiger partial charge in [-0.1, -0.05) is 11.6 Å². The molecule has 1 aliphatic rings. The summed E-state index contributed by atoms with van der Waals surface area (Å²) in [6, 6.07) is 2.36. The standard InChI is InChI=1S/C10H11ClFNO4S2/c11-9-5-8(1-2-10(9)12)19(16,17)13-7-3-4-18(14,15)6-7/h1-2,5,7,13H,3-4,6H2/t7-/m1/s1. The van der Waals surface area contributed by atoms with Crippen LogP contribution in [0.5, 0.6) is 0 Å². The van der Waals surface area contributed by atoms with Gasteiger partial charge in [-0.25, -0.2) is 25.9 Å². The lowest BCUT2D eigenvalue weighted by Crippen LogP contribution is -2.35. The molecule has 106 valence electrons. The lowest BCUT2D eigenvalue weighted by Gasteiger charge is -2.11. The SMILES string of the molecule is O=S1(=O)CC[C@@H](NS(=O)(=O)c2ccc(F)c(Cl)c2)C1. The van der Waals surface area contributed by atoms with Crippen molar-refractivity contribution in [3.05, 3.63) is 29.0 Å². The second kappa shape index (κ2) is 5.01. The Morgan fingerprint density at radius 2 is 2.05 bits per heavy atom. The quantitative estimate of drug-likeness (QED) is 0.896. The van der Waals surface area contributed by atoms with Crippen LogP contribution in [0, 0.1) is 5.82 Å². The summed E-state index contributed by atoms with van der Waals surface area (Å²) in [6.45, 7) is 0. The highest BCUT2D eigenvalue weighted by atomic mass is 35.5. The first-order chi connectivity index (χ1) is 8.70. The molecule has 1 atom stereocenters. The van der Waals surface area contributed by atoms with Gasteiger partial charge in [-0.05, 0) is 24.6 Å². The van der Waals surface area contributed by atoms with Crippen molar-refractivity contribution < 1.29 is 21.2 Å². The fraction of sp³-hybridized carbons (Fsp3) is 0.400. The van der Waals surface area contributed by atoms with Crippen LogP contribution in [0.2, 0.25) is 5.02 Å². The monoisotopic (exact) mass is 327 g/mol. The number of sulfone groups is 1. The molecule has 1 saturated heterocycles. The van der Waals surface area contributed by atoms with E-state index in [2.05, 4.69) is 4.72 Å². The number of hydrogen-bond donors (Lipinski definition) is 1. The zero-order chi connectivity index (χ0) is 14.3. The number of rotatable bonds is 3. The van der Waals surface area contributed by atoms with Gasteiger partial charge in [0.1, 0.15) is 5.82 Å². The van der Waals surface area contributed by atoms with E-state index in [9.17, 15) is 21.2 Å². The lowest BCUT2D eigenvalue weighted by atomic mass is 10.3. The summed E-state index contributed by atoms with van der Waals surface area (Å²) >= 11 is 5.52. The van der Waals surface area contributed by atoms with Gasteiger partial charge in [-0.3, -0.25) is 0 Å². The van der Waals surface area contributed by atoms with E-state index < -0.39 is 31.7 Å². The third-order valence-corrected chi connectivity index (χ3v) is 6.33. The molecule has 0 amide bonds. The molecule has 1 aliphatic heterocycles.